The van der Waals surface area contributed by atoms with E-state index in [1.54, 1.807) is 0 Å². The quantitative estimate of drug-likeness (QED) is 0.730. The summed E-state index contributed by atoms with van der Waals surface area (Å²) in [6.45, 7) is 3.57. The maximum Gasteiger partial charge on any atom is 0.225 e. The predicted octanol–water partition coefficient (Wildman–Crippen LogP) is 1.34. The van der Waals surface area contributed by atoms with E-state index in [1.807, 2.05) is 4.90 Å². The third kappa shape index (κ3) is 3.34. The average molecular weight is 269 g/mol. The Hall–Kier alpha value is -0.840. The van der Waals surface area contributed by atoms with Gasteiger partial charge in [-0.1, -0.05) is 12.8 Å². The molecule has 0 unspecified atom stereocenters. The highest BCUT2D eigenvalue weighted by Gasteiger charge is 2.28. The van der Waals surface area contributed by atoms with Gasteiger partial charge in [0.25, 0.3) is 0 Å². The smallest absolute Gasteiger partial charge is 0.225 e. The topological polar surface area (TPSA) is 49.6 Å². The lowest BCUT2D eigenvalue weighted by Gasteiger charge is -2.34. The number of hydrogen-bond acceptors (Lipinski definition) is 2. The molecule has 0 aromatic heterocycles. The molecule has 2 rings (SSSR count). The van der Waals surface area contributed by atoms with Gasteiger partial charge in [-0.3, -0.25) is 4.79 Å². The van der Waals surface area contributed by atoms with Crippen molar-refractivity contribution < 1.29 is 4.79 Å². The van der Waals surface area contributed by atoms with Crippen molar-refractivity contribution in [2.75, 3.05) is 26.2 Å². The van der Waals surface area contributed by atoms with Crippen molar-refractivity contribution in [2.45, 2.75) is 38.5 Å². The highest BCUT2D eigenvalue weighted by molar-refractivity contribution is 7.80. The van der Waals surface area contributed by atoms with E-state index in [1.165, 1.54) is 12.8 Å². The predicted molar refractivity (Wildman–Crippen MR) is 76.1 cm³/mol. The normalized spacial score (nSPS) is 22.7. The SMILES string of the molecule is NC(=S)N1CCC(C(=O)N2CCCCCC2)CC1. The Bertz CT molecular complexity index is 305. The molecule has 2 fully saturated rings. The lowest BCUT2D eigenvalue weighted by Crippen LogP contribution is -2.46. The highest BCUT2D eigenvalue weighted by atomic mass is 32.1. The number of thiocarbonyl (C=S) groups is 1. The number of hydrogen-bond donors (Lipinski definition) is 1. The van der Waals surface area contributed by atoms with Gasteiger partial charge in [0.05, 0.1) is 0 Å². The second-order valence-electron chi connectivity index (χ2n) is 5.34. The molecule has 2 saturated heterocycles. The summed E-state index contributed by atoms with van der Waals surface area (Å²) in [5.74, 6) is 0.549. The molecule has 4 nitrogen and oxygen atoms in total. The standard InChI is InChI=1S/C13H23N3OS/c14-13(18)16-9-5-11(6-10-16)12(17)15-7-3-1-2-4-8-15/h11H,1-10H2,(H2,14,18). The summed E-state index contributed by atoms with van der Waals surface area (Å²) >= 11 is 4.97. The fraction of sp³-hybridized carbons (Fsp3) is 0.846. The zero-order valence-electron chi connectivity index (χ0n) is 10.9. The number of nitrogens with zero attached hydrogens (tertiary/aromatic N) is 2. The summed E-state index contributed by atoms with van der Waals surface area (Å²) in [7, 11) is 0. The maximum atomic E-state index is 12.4. The molecule has 0 atom stereocenters. The van der Waals surface area contributed by atoms with Gasteiger partial charge in [0, 0.05) is 32.1 Å². The van der Waals surface area contributed by atoms with Crippen molar-refractivity contribution in [3.63, 3.8) is 0 Å². The molecule has 2 N–H and O–H groups in total. The zero-order valence-corrected chi connectivity index (χ0v) is 11.8. The molecular formula is C13H23N3OS. The number of piperidine rings is 1. The summed E-state index contributed by atoms with van der Waals surface area (Å²) in [6.07, 6.45) is 6.65. The van der Waals surface area contributed by atoms with Gasteiger partial charge in [-0.25, -0.2) is 0 Å². The molecule has 0 spiro atoms. The number of likely N-dealkylation sites (tertiary alicyclic amines) is 2. The number of carbonyl (C=O) groups excluding carboxylic acids is 1. The van der Waals surface area contributed by atoms with E-state index in [0.717, 1.165) is 51.9 Å². The van der Waals surface area contributed by atoms with Crippen LogP contribution in [0, 0.1) is 5.92 Å². The molecular weight excluding hydrogens is 246 g/mol. The molecule has 102 valence electrons. The fourth-order valence-corrected chi connectivity index (χ4v) is 3.08. The number of rotatable bonds is 1. The van der Waals surface area contributed by atoms with Crippen LogP contribution in [0.3, 0.4) is 0 Å². The minimum absolute atomic E-state index is 0.189. The Morgan fingerprint density at radius 1 is 0.944 bits per heavy atom. The number of carbonyl (C=O) groups is 1. The summed E-state index contributed by atoms with van der Waals surface area (Å²) in [6, 6.07) is 0. The Morgan fingerprint density at radius 2 is 1.50 bits per heavy atom. The van der Waals surface area contributed by atoms with Gasteiger partial charge in [-0.2, -0.15) is 0 Å². The number of nitrogens with two attached hydrogens (primary N) is 1. The molecule has 1 amide bonds. The summed E-state index contributed by atoms with van der Waals surface area (Å²) in [5.41, 5.74) is 5.61. The fourth-order valence-electron chi connectivity index (χ4n) is 2.90. The second kappa shape index (κ2) is 6.36. The molecule has 0 bridgehead atoms. The van der Waals surface area contributed by atoms with Crippen LogP contribution in [-0.4, -0.2) is 47.0 Å². The molecule has 0 saturated carbocycles. The van der Waals surface area contributed by atoms with Crippen LogP contribution in [-0.2, 0) is 4.79 Å². The van der Waals surface area contributed by atoms with E-state index < -0.39 is 0 Å². The lowest BCUT2D eigenvalue weighted by molar-refractivity contribution is -0.136. The first-order chi connectivity index (χ1) is 8.68. The van der Waals surface area contributed by atoms with Crippen molar-refractivity contribution in [3.8, 4) is 0 Å². The first-order valence-corrected chi connectivity index (χ1v) is 7.42. The average Bonchev–Trinajstić information content (AvgIpc) is 2.67. The van der Waals surface area contributed by atoms with Crippen LogP contribution in [0.2, 0.25) is 0 Å². The Kier molecular flexibility index (Phi) is 4.80. The molecule has 18 heavy (non-hydrogen) atoms. The van der Waals surface area contributed by atoms with Crippen molar-refractivity contribution in [1.82, 2.24) is 9.80 Å². The van der Waals surface area contributed by atoms with Crippen LogP contribution in [0.15, 0.2) is 0 Å². The van der Waals surface area contributed by atoms with Crippen LogP contribution in [0.5, 0.6) is 0 Å². The number of amides is 1. The molecule has 0 aliphatic carbocycles. The minimum atomic E-state index is 0.189. The van der Waals surface area contributed by atoms with Crippen LogP contribution >= 0.6 is 12.2 Å². The van der Waals surface area contributed by atoms with Crippen molar-refractivity contribution in [3.05, 3.63) is 0 Å². The lowest BCUT2D eigenvalue weighted by atomic mass is 9.95. The third-order valence-corrected chi connectivity index (χ3v) is 4.33. The molecule has 2 aliphatic heterocycles. The second-order valence-corrected chi connectivity index (χ2v) is 5.76. The summed E-state index contributed by atoms with van der Waals surface area (Å²) < 4.78 is 0. The van der Waals surface area contributed by atoms with E-state index in [4.69, 9.17) is 18.0 Å². The summed E-state index contributed by atoms with van der Waals surface area (Å²) in [5, 5.41) is 0.468. The summed E-state index contributed by atoms with van der Waals surface area (Å²) in [4.78, 5) is 16.5. The third-order valence-electron chi connectivity index (χ3n) is 4.07. The van der Waals surface area contributed by atoms with Crippen molar-refractivity contribution in [1.29, 1.82) is 0 Å². The van der Waals surface area contributed by atoms with Gasteiger partial charge in [-0.15, -0.1) is 0 Å². The Labute approximate surface area is 114 Å². The molecule has 2 aliphatic rings. The highest BCUT2D eigenvalue weighted by Crippen LogP contribution is 2.21. The van der Waals surface area contributed by atoms with E-state index in [-0.39, 0.29) is 5.92 Å². The van der Waals surface area contributed by atoms with Crippen LogP contribution < -0.4 is 5.73 Å². The molecule has 2 heterocycles. The first-order valence-electron chi connectivity index (χ1n) is 7.01. The van der Waals surface area contributed by atoms with E-state index in [2.05, 4.69) is 4.90 Å². The Balaban J connectivity index is 1.84. The molecule has 5 heteroatoms. The van der Waals surface area contributed by atoms with Crippen molar-refractivity contribution in [2.24, 2.45) is 11.7 Å². The largest absolute Gasteiger partial charge is 0.376 e. The van der Waals surface area contributed by atoms with Gasteiger partial charge in [0.1, 0.15) is 0 Å². The maximum absolute atomic E-state index is 12.4. The molecule has 0 aromatic rings. The van der Waals surface area contributed by atoms with Gasteiger partial charge in [0.2, 0.25) is 5.91 Å². The van der Waals surface area contributed by atoms with Gasteiger partial charge in [-0.05, 0) is 37.9 Å². The van der Waals surface area contributed by atoms with Gasteiger partial charge < -0.3 is 15.5 Å². The van der Waals surface area contributed by atoms with Crippen LogP contribution in [0.4, 0.5) is 0 Å². The van der Waals surface area contributed by atoms with E-state index >= 15 is 0 Å². The van der Waals surface area contributed by atoms with Crippen LogP contribution in [0.1, 0.15) is 38.5 Å². The van der Waals surface area contributed by atoms with Crippen molar-refractivity contribution >= 4 is 23.2 Å². The zero-order chi connectivity index (χ0) is 13.0. The van der Waals surface area contributed by atoms with E-state index in [0.29, 0.717) is 11.0 Å². The Morgan fingerprint density at radius 3 is 2.00 bits per heavy atom. The van der Waals surface area contributed by atoms with Gasteiger partial charge in [0.15, 0.2) is 5.11 Å². The first kappa shape index (κ1) is 13.6. The van der Waals surface area contributed by atoms with Gasteiger partial charge >= 0.3 is 0 Å². The van der Waals surface area contributed by atoms with Crippen LogP contribution in [0.25, 0.3) is 0 Å². The minimum Gasteiger partial charge on any atom is -0.376 e. The van der Waals surface area contributed by atoms with E-state index in [9.17, 15) is 4.79 Å². The monoisotopic (exact) mass is 269 g/mol. The molecule has 0 aromatic carbocycles. The molecule has 0 radical (unpaired) electrons.